The average Bonchev–Trinajstić information content (AvgIpc) is 2.49. The van der Waals surface area contributed by atoms with Crippen LogP contribution in [0.1, 0.15) is 27.9 Å². The molecule has 6 heteroatoms. The number of hydrogen-bond donors (Lipinski definition) is 1. The summed E-state index contributed by atoms with van der Waals surface area (Å²) in [5.41, 5.74) is 2.90. The van der Waals surface area contributed by atoms with Gasteiger partial charge in [0.25, 0.3) is 5.91 Å². The molecule has 1 atom stereocenters. The van der Waals surface area contributed by atoms with Crippen LogP contribution < -0.4 is 5.32 Å². The summed E-state index contributed by atoms with van der Waals surface area (Å²) in [6.45, 7) is 0. The van der Waals surface area contributed by atoms with E-state index in [0.29, 0.717) is 0 Å². The van der Waals surface area contributed by atoms with Gasteiger partial charge in [0, 0.05) is 6.04 Å². The Morgan fingerprint density at radius 2 is 1.95 bits per heavy atom. The highest BCUT2D eigenvalue weighted by Gasteiger charge is 2.22. The lowest BCUT2D eigenvalue weighted by Gasteiger charge is -2.25. The molecule has 0 aliphatic heterocycles. The van der Waals surface area contributed by atoms with Crippen LogP contribution in [0.25, 0.3) is 0 Å². The van der Waals surface area contributed by atoms with Crippen molar-refractivity contribution in [1.29, 1.82) is 0 Å². The van der Waals surface area contributed by atoms with Crippen molar-refractivity contribution in [3.63, 3.8) is 0 Å². The predicted molar refractivity (Wildman–Crippen MR) is 81.8 cm³/mol. The Kier molecular flexibility index (Phi) is 4.08. The Bertz CT molecular complexity index is 690. The molecule has 1 aromatic heterocycles. The highest BCUT2D eigenvalue weighted by atomic mass is 35.5. The second-order valence-corrected chi connectivity index (χ2v) is 5.80. The Labute approximate surface area is 132 Å². The number of fused-ring (bicyclic) bond motifs is 1. The topological polar surface area (TPSA) is 54.9 Å². The van der Waals surface area contributed by atoms with Gasteiger partial charge in [0.15, 0.2) is 10.3 Å². The van der Waals surface area contributed by atoms with Crippen molar-refractivity contribution in [2.75, 3.05) is 0 Å². The SMILES string of the molecule is O=C(NC1CCc2ccccc2C1)c1cc(Cl)nnc1Cl. The van der Waals surface area contributed by atoms with Gasteiger partial charge in [-0.3, -0.25) is 4.79 Å². The molecule has 0 saturated heterocycles. The number of aromatic nitrogens is 2. The molecule has 1 aromatic carbocycles. The molecule has 1 N–H and O–H groups in total. The number of benzene rings is 1. The summed E-state index contributed by atoms with van der Waals surface area (Å²) < 4.78 is 0. The molecule has 2 aromatic rings. The molecule has 1 aliphatic rings. The quantitative estimate of drug-likeness (QED) is 0.924. The first-order valence-electron chi connectivity index (χ1n) is 6.70. The maximum atomic E-state index is 12.3. The molecule has 0 bridgehead atoms. The molecule has 1 aliphatic carbocycles. The van der Waals surface area contributed by atoms with Gasteiger partial charge in [0.05, 0.1) is 5.56 Å². The molecule has 1 amide bonds. The summed E-state index contributed by atoms with van der Waals surface area (Å²) in [5.74, 6) is -0.263. The maximum Gasteiger partial charge on any atom is 0.254 e. The molecule has 1 unspecified atom stereocenters. The molecule has 4 nitrogen and oxygen atoms in total. The smallest absolute Gasteiger partial charge is 0.254 e. The zero-order valence-electron chi connectivity index (χ0n) is 11.1. The molecule has 0 saturated carbocycles. The molecular formula is C15H13Cl2N3O. The van der Waals surface area contributed by atoms with Crippen molar-refractivity contribution < 1.29 is 4.79 Å². The summed E-state index contributed by atoms with van der Waals surface area (Å²) in [5, 5.41) is 10.5. The van der Waals surface area contributed by atoms with Gasteiger partial charge < -0.3 is 5.32 Å². The Balaban J connectivity index is 1.73. The number of rotatable bonds is 2. The molecule has 0 fully saturated rings. The van der Waals surface area contributed by atoms with Gasteiger partial charge in [-0.15, -0.1) is 10.2 Å². The van der Waals surface area contributed by atoms with Crippen LogP contribution >= 0.6 is 23.2 Å². The number of aryl methyl sites for hydroxylation is 1. The van der Waals surface area contributed by atoms with Crippen LogP contribution in [-0.4, -0.2) is 22.1 Å². The van der Waals surface area contributed by atoms with E-state index < -0.39 is 0 Å². The molecule has 0 radical (unpaired) electrons. The zero-order valence-corrected chi connectivity index (χ0v) is 12.7. The van der Waals surface area contributed by atoms with Crippen LogP contribution in [0.5, 0.6) is 0 Å². The number of nitrogens with one attached hydrogen (secondary N) is 1. The molecular weight excluding hydrogens is 309 g/mol. The first kappa shape index (κ1) is 14.3. The third-order valence-electron chi connectivity index (χ3n) is 3.65. The van der Waals surface area contributed by atoms with Crippen molar-refractivity contribution in [3.8, 4) is 0 Å². The monoisotopic (exact) mass is 321 g/mol. The van der Waals surface area contributed by atoms with E-state index in [1.54, 1.807) is 0 Å². The number of hydrogen-bond acceptors (Lipinski definition) is 3. The lowest BCUT2D eigenvalue weighted by atomic mass is 9.88. The molecule has 108 valence electrons. The second-order valence-electron chi connectivity index (χ2n) is 5.05. The fourth-order valence-corrected chi connectivity index (χ4v) is 2.92. The van der Waals surface area contributed by atoms with Crippen molar-refractivity contribution in [3.05, 3.63) is 57.3 Å². The summed E-state index contributed by atoms with van der Waals surface area (Å²) in [6, 6.07) is 9.83. The Morgan fingerprint density at radius 3 is 2.76 bits per heavy atom. The Morgan fingerprint density at radius 1 is 1.19 bits per heavy atom. The van der Waals surface area contributed by atoms with E-state index in [0.717, 1.165) is 19.3 Å². The van der Waals surface area contributed by atoms with Crippen molar-refractivity contribution in [2.24, 2.45) is 0 Å². The molecule has 0 spiro atoms. The number of nitrogens with zero attached hydrogens (tertiary/aromatic N) is 2. The number of carbonyl (C=O) groups excluding carboxylic acids is 1. The van der Waals surface area contributed by atoms with Gasteiger partial charge in [-0.2, -0.15) is 0 Å². The average molecular weight is 322 g/mol. The number of carbonyl (C=O) groups is 1. The highest BCUT2D eigenvalue weighted by molar-refractivity contribution is 6.34. The van der Waals surface area contributed by atoms with Crippen LogP contribution in [0.2, 0.25) is 10.3 Å². The minimum atomic E-state index is -0.263. The summed E-state index contributed by atoms with van der Waals surface area (Å²) in [4.78, 5) is 12.3. The summed E-state index contributed by atoms with van der Waals surface area (Å²) >= 11 is 11.7. The third-order valence-corrected chi connectivity index (χ3v) is 4.11. The largest absolute Gasteiger partial charge is 0.349 e. The highest BCUT2D eigenvalue weighted by Crippen LogP contribution is 2.22. The second kappa shape index (κ2) is 6.00. The van der Waals surface area contributed by atoms with E-state index in [2.05, 4.69) is 27.6 Å². The maximum absolute atomic E-state index is 12.3. The van der Waals surface area contributed by atoms with E-state index in [1.807, 2.05) is 12.1 Å². The third kappa shape index (κ3) is 3.17. The Hall–Kier alpha value is -1.65. The summed E-state index contributed by atoms with van der Waals surface area (Å²) in [7, 11) is 0. The first-order chi connectivity index (χ1) is 10.1. The lowest BCUT2D eigenvalue weighted by Crippen LogP contribution is -2.39. The molecule has 1 heterocycles. The number of amides is 1. The summed E-state index contributed by atoms with van der Waals surface area (Å²) in [6.07, 6.45) is 2.70. The minimum absolute atomic E-state index is 0.0631. The minimum Gasteiger partial charge on any atom is -0.349 e. The molecule has 3 rings (SSSR count). The van der Waals surface area contributed by atoms with Crippen molar-refractivity contribution >= 4 is 29.1 Å². The normalized spacial score (nSPS) is 17.1. The predicted octanol–water partition coefficient (Wildman–Crippen LogP) is 3.07. The van der Waals surface area contributed by atoms with Gasteiger partial charge in [0.2, 0.25) is 0 Å². The van der Waals surface area contributed by atoms with E-state index in [-0.39, 0.29) is 27.8 Å². The van der Waals surface area contributed by atoms with E-state index in [1.165, 1.54) is 17.2 Å². The fourth-order valence-electron chi connectivity index (χ4n) is 2.60. The fraction of sp³-hybridized carbons (Fsp3) is 0.267. The van der Waals surface area contributed by atoms with Crippen LogP contribution in [0.15, 0.2) is 30.3 Å². The zero-order chi connectivity index (χ0) is 14.8. The standard InChI is InChI=1S/C15H13Cl2N3O/c16-13-8-12(14(17)20-19-13)15(21)18-11-6-5-9-3-1-2-4-10(9)7-11/h1-4,8,11H,5-7H2,(H,18,21). The first-order valence-corrected chi connectivity index (χ1v) is 7.45. The van der Waals surface area contributed by atoms with Gasteiger partial charge in [0.1, 0.15) is 0 Å². The number of halogens is 2. The van der Waals surface area contributed by atoms with Crippen LogP contribution in [0.3, 0.4) is 0 Å². The van der Waals surface area contributed by atoms with Crippen molar-refractivity contribution in [2.45, 2.75) is 25.3 Å². The van der Waals surface area contributed by atoms with Gasteiger partial charge >= 0.3 is 0 Å². The van der Waals surface area contributed by atoms with Crippen LogP contribution in [0.4, 0.5) is 0 Å². The molecule has 21 heavy (non-hydrogen) atoms. The van der Waals surface area contributed by atoms with Crippen LogP contribution in [-0.2, 0) is 12.8 Å². The van der Waals surface area contributed by atoms with Crippen molar-refractivity contribution in [1.82, 2.24) is 15.5 Å². The van der Waals surface area contributed by atoms with Gasteiger partial charge in [-0.25, -0.2) is 0 Å². The van der Waals surface area contributed by atoms with E-state index in [9.17, 15) is 4.79 Å². The van der Waals surface area contributed by atoms with E-state index in [4.69, 9.17) is 23.2 Å². The van der Waals surface area contributed by atoms with E-state index >= 15 is 0 Å². The van der Waals surface area contributed by atoms with Gasteiger partial charge in [-0.1, -0.05) is 47.5 Å². The van der Waals surface area contributed by atoms with Gasteiger partial charge in [-0.05, 0) is 36.5 Å². The lowest BCUT2D eigenvalue weighted by molar-refractivity contribution is 0.0933. The van der Waals surface area contributed by atoms with Crippen LogP contribution in [0, 0.1) is 0 Å².